The fourth-order valence-electron chi connectivity index (χ4n) is 4.14. The van der Waals surface area contributed by atoms with Crippen molar-refractivity contribution < 1.29 is 31.1 Å². The van der Waals surface area contributed by atoms with Crippen LogP contribution < -0.4 is 15.5 Å². The molecule has 0 unspecified atom stereocenters. The number of anilines is 2. The van der Waals surface area contributed by atoms with Crippen LogP contribution in [0.25, 0.3) is 11.1 Å². The molecule has 4 rings (SSSR count). The van der Waals surface area contributed by atoms with Crippen molar-refractivity contribution in [1.82, 2.24) is 10.3 Å². The largest absolute Gasteiger partial charge is 0.417 e. The molecule has 1 aliphatic heterocycles. The van der Waals surface area contributed by atoms with E-state index in [9.17, 15) is 22.4 Å². The second-order valence-electron chi connectivity index (χ2n) is 8.57. The zero-order valence-corrected chi connectivity index (χ0v) is 19.3. The van der Waals surface area contributed by atoms with Crippen LogP contribution in [0.15, 0.2) is 42.6 Å². The van der Waals surface area contributed by atoms with Gasteiger partial charge < -0.3 is 15.5 Å². The van der Waals surface area contributed by atoms with E-state index in [2.05, 4.69) is 15.6 Å². The summed E-state index contributed by atoms with van der Waals surface area (Å²) in [4.78, 5) is 18.7. The lowest BCUT2D eigenvalue weighted by Crippen LogP contribution is -2.49. The Morgan fingerprint density at radius 2 is 1.89 bits per heavy atom. The second-order valence-corrected chi connectivity index (χ2v) is 8.57. The molecule has 2 heterocycles. The number of carbonyl (C=O) groups excluding carboxylic acids is 1. The number of hydrogen-bond donors (Lipinski definition) is 2. The minimum Gasteiger partial charge on any atom is -0.367 e. The third-order valence-electron chi connectivity index (χ3n) is 5.88. The number of amides is 1. The number of nitrogens with zero attached hydrogens (tertiary/aromatic N) is 2. The quantitative estimate of drug-likeness (QED) is 0.455. The molecule has 0 spiro atoms. The standard InChI is InChI=1S/C25H22F6N4O/c1-13-3-4-15(11-33-13)21-19(27)10-20(35-8-7-32-14(2)12-35)23(22(21)28)34-24(36)17-6-5-16(26)9-18(17)25(29,30)31/h3-6,9-11,14,32H,7-8,12H2,1-2H3,(H,34,36)/t14-/m0/s1. The first-order chi connectivity index (χ1) is 17.0. The number of benzene rings is 2. The summed E-state index contributed by atoms with van der Waals surface area (Å²) in [6, 6.07) is 5.55. The van der Waals surface area contributed by atoms with Crippen LogP contribution in [0.1, 0.15) is 28.5 Å². The maximum atomic E-state index is 15.9. The molecule has 1 amide bonds. The normalized spacial score (nSPS) is 16.2. The highest BCUT2D eigenvalue weighted by Crippen LogP contribution is 2.39. The van der Waals surface area contributed by atoms with Crippen LogP contribution in [0.5, 0.6) is 0 Å². The lowest BCUT2D eigenvalue weighted by molar-refractivity contribution is -0.138. The third kappa shape index (κ3) is 5.15. The van der Waals surface area contributed by atoms with Crippen LogP contribution in [0.3, 0.4) is 0 Å². The van der Waals surface area contributed by atoms with Gasteiger partial charge in [-0.15, -0.1) is 0 Å². The second kappa shape index (κ2) is 9.81. The number of hydrogen-bond acceptors (Lipinski definition) is 4. The molecule has 190 valence electrons. The molecule has 1 atom stereocenters. The van der Waals surface area contributed by atoms with Crippen molar-refractivity contribution in [2.45, 2.75) is 26.1 Å². The van der Waals surface area contributed by atoms with Crippen molar-refractivity contribution in [3.8, 4) is 11.1 Å². The van der Waals surface area contributed by atoms with Gasteiger partial charge in [-0.2, -0.15) is 13.2 Å². The van der Waals surface area contributed by atoms with E-state index < -0.39 is 51.9 Å². The van der Waals surface area contributed by atoms with Crippen LogP contribution >= 0.6 is 0 Å². The highest BCUT2D eigenvalue weighted by molar-refractivity contribution is 6.07. The summed E-state index contributed by atoms with van der Waals surface area (Å²) in [5, 5.41) is 5.39. The fraction of sp³-hybridized carbons (Fsp3) is 0.280. The average Bonchev–Trinajstić information content (AvgIpc) is 2.81. The van der Waals surface area contributed by atoms with Crippen LogP contribution in [0, 0.1) is 24.4 Å². The van der Waals surface area contributed by atoms with Gasteiger partial charge in [-0.05, 0) is 38.1 Å². The average molecular weight is 508 g/mol. The molecule has 1 aliphatic rings. The molecular formula is C25H22F6N4O. The van der Waals surface area contributed by atoms with E-state index in [4.69, 9.17) is 0 Å². The summed E-state index contributed by atoms with van der Waals surface area (Å²) in [5.74, 6) is -4.58. The molecule has 3 aromatic rings. The van der Waals surface area contributed by atoms with Gasteiger partial charge in [-0.1, -0.05) is 6.07 Å². The van der Waals surface area contributed by atoms with Crippen molar-refractivity contribution in [1.29, 1.82) is 0 Å². The molecule has 0 bridgehead atoms. The molecule has 1 fully saturated rings. The van der Waals surface area contributed by atoms with Crippen molar-refractivity contribution in [2.75, 3.05) is 29.9 Å². The number of carbonyl (C=O) groups is 1. The van der Waals surface area contributed by atoms with Gasteiger partial charge in [-0.3, -0.25) is 9.78 Å². The Balaban J connectivity index is 1.85. The summed E-state index contributed by atoms with van der Waals surface area (Å²) in [7, 11) is 0. The first kappa shape index (κ1) is 25.5. The highest BCUT2D eigenvalue weighted by atomic mass is 19.4. The number of nitrogens with one attached hydrogen (secondary N) is 2. The third-order valence-corrected chi connectivity index (χ3v) is 5.88. The molecule has 36 heavy (non-hydrogen) atoms. The Morgan fingerprint density at radius 3 is 2.53 bits per heavy atom. The van der Waals surface area contributed by atoms with E-state index in [0.717, 1.165) is 6.07 Å². The van der Waals surface area contributed by atoms with Gasteiger partial charge >= 0.3 is 6.18 Å². The number of aryl methyl sites for hydroxylation is 1. The predicted molar refractivity (Wildman–Crippen MR) is 123 cm³/mol. The van der Waals surface area contributed by atoms with Gasteiger partial charge in [0.1, 0.15) is 17.3 Å². The number of alkyl halides is 3. The monoisotopic (exact) mass is 508 g/mol. The van der Waals surface area contributed by atoms with Crippen molar-refractivity contribution in [3.05, 3.63) is 76.9 Å². The summed E-state index contributed by atoms with van der Waals surface area (Å²) < 4.78 is 85.2. The Morgan fingerprint density at radius 1 is 1.14 bits per heavy atom. The van der Waals surface area contributed by atoms with Gasteiger partial charge in [-0.25, -0.2) is 13.2 Å². The zero-order valence-electron chi connectivity index (χ0n) is 19.3. The van der Waals surface area contributed by atoms with Gasteiger partial charge in [0.05, 0.1) is 22.4 Å². The molecule has 1 aromatic heterocycles. The first-order valence-corrected chi connectivity index (χ1v) is 11.1. The maximum absolute atomic E-state index is 15.9. The zero-order chi connectivity index (χ0) is 26.2. The molecule has 5 nitrogen and oxygen atoms in total. The number of halogens is 6. The first-order valence-electron chi connectivity index (χ1n) is 11.1. The van der Waals surface area contributed by atoms with E-state index in [-0.39, 0.29) is 23.4 Å². The summed E-state index contributed by atoms with van der Waals surface area (Å²) in [5.41, 5.74) is -2.71. The molecule has 0 saturated carbocycles. The minimum absolute atomic E-state index is 0.0220. The van der Waals surface area contributed by atoms with E-state index >= 15 is 8.78 Å². The molecule has 0 aliphatic carbocycles. The van der Waals surface area contributed by atoms with Crippen LogP contribution in [-0.4, -0.2) is 36.6 Å². The Bertz CT molecular complexity index is 1290. The van der Waals surface area contributed by atoms with E-state index in [1.165, 1.54) is 12.3 Å². The van der Waals surface area contributed by atoms with Crippen molar-refractivity contribution in [3.63, 3.8) is 0 Å². The van der Waals surface area contributed by atoms with Gasteiger partial charge in [0, 0.05) is 49.2 Å². The Labute approximate surface area is 203 Å². The fourth-order valence-corrected chi connectivity index (χ4v) is 4.14. The molecule has 1 saturated heterocycles. The number of piperazine rings is 1. The van der Waals surface area contributed by atoms with Crippen molar-refractivity contribution >= 4 is 17.3 Å². The predicted octanol–water partition coefficient (Wildman–Crippen LogP) is 5.54. The Hall–Kier alpha value is -3.60. The smallest absolute Gasteiger partial charge is 0.367 e. The Kier molecular flexibility index (Phi) is 6.94. The molecule has 0 radical (unpaired) electrons. The van der Waals surface area contributed by atoms with E-state index in [1.54, 1.807) is 17.9 Å². The SMILES string of the molecule is Cc1ccc(-c2c(F)cc(N3CCN[C@@H](C)C3)c(NC(=O)c3ccc(F)cc3C(F)(F)F)c2F)cn1. The van der Waals surface area contributed by atoms with Crippen LogP contribution in [0.4, 0.5) is 37.7 Å². The summed E-state index contributed by atoms with van der Waals surface area (Å²) in [6.45, 7) is 4.70. The van der Waals surface area contributed by atoms with Gasteiger partial charge in [0.15, 0.2) is 5.82 Å². The molecule has 11 heteroatoms. The van der Waals surface area contributed by atoms with Gasteiger partial charge in [0.2, 0.25) is 0 Å². The maximum Gasteiger partial charge on any atom is 0.417 e. The number of rotatable bonds is 4. The van der Waals surface area contributed by atoms with E-state index in [0.29, 0.717) is 37.5 Å². The lowest BCUT2D eigenvalue weighted by Gasteiger charge is -2.35. The summed E-state index contributed by atoms with van der Waals surface area (Å²) >= 11 is 0. The molecule has 2 aromatic carbocycles. The van der Waals surface area contributed by atoms with Crippen molar-refractivity contribution in [2.24, 2.45) is 0 Å². The molecular weight excluding hydrogens is 486 g/mol. The van der Waals surface area contributed by atoms with E-state index in [1.807, 2.05) is 6.92 Å². The molecule has 2 N–H and O–H groups in total. The van der Waals surface area contributed by atoms with Crippen LogP contribution in [0.2, 0.25) is 0 Å². The lowest BCUT2D eigenvalue weighted by atomic mass is 10.0. The van der Waals surface area contributed by atoms with Crippen LogP contribution in [-0.2, 0) is 6.18 Å². The number of aromatic nitrogens is 1. The topological polar surface area (TPSA) is 57.3 Å². The highest BCUT2D eigenvalue weighted by Gasteiger charge is 2.36. The number of pyridine rings is 1. The summed E-state index contributed by atoms with van der Waals surface area (Å²) in [6.07, 6.45) is -3.78. The minimum atomic E-state index is -5.04. The van der Waals surface area contributed by atoms with Gasteiger partial charge in [0.25, 0.3) is 5.91 Å².